The van der Waals surface area contributed by atoms with Crippen molar-refractivity contribution in [2.24, 2.45) is 11.8 Å². The summed E-state index contributed by atoms with van der Waals surface area (Å²) in [6.07, 6.45) is 7.83. The number of Topliss-reactive ketones (excluding diaryl/α,β-unsaturated/α-hetero) is 1. The third-order valence-electron chi connectivity index (χ3n) is 4.01. The first-order chi connectivity index (χ1) is 7.09. The first kappa shape index (κ1) is 11.1. The van der Waals surface area contributed by atoms with E-state index in [1.54, 1.807) is 0 Å². The maximum Gasteiger partial charge on any atom is 0.169 e. The minimum absolute atomic E-state index is 0.181. The van der Waals surface area contributed by atoms with Crippen LogP contribution in [0.1, 0.15) is 52.4 Å². The standard InChI is InChI=1S/C13H22O2/c1-13(2)12(14)11(9-15-13)8-7-10-5-3-4-6-10/h10-11H,3-9H2,1-2H3. The van der Waals surface area contributed by atoms with Crippen LogP contribution in [0, 0.1) is 11.8 Å². The highest BCUT2D eigenvalue weighted by molar-refractivity contribution is 5.90. The van der Waals surface area contributed by atoms with Gasteiger partial charge in [-0.25, -0.2) is 0 Å². The number of ketones is 1. The van der Waals surface area contributed by atoms with Crippen molar-refractivity contribution in [2.75, 3.05) is 6.61 Å². The first-order valence-corrected chi connectivity index (χ1v) is 6.28. The largest absolute Gasteiger partial charge is 0.367 e. The summed E-state index contributed by atoms with van der Waals surface area (Å²) in [4.78, 5) is 11.9. The molecule has 2 heteroatoms. The second-order valence-corrected chi connectivity index (χ2v) is 5.61. The van der Waals surface area contributed by atoms with Crippen LogP contribution in [0.3, 0.4) is 0 Å². The Labute approximate surface area is 92.4 Å². The number of carbonyl (C=O) groups is 1. The van der Waals surface area contributed by atoms with Crippen molar-refractivity contribution >= 4 is 5.78 Å². The van der Waals surface area contributed by atoms with Gasteiger partial charge in [-0.15, -0.1) is 0 Å². The van der Waals surface area contributed by atoms with Gasteiger partial charge in [0.25, 0.3) is 0 Å². The molecule has 1 atom stereocenters. The molecular formula is C13H22O2. The fraction of sp³-hybridized carbons (Fsp3) is 0.923. The molecule has 2 nitrogen and oxygen atoms in total. The fourth-order valence-corrected chi connectivity index (χ4v) is 2.90. The Morgan fingerprint density at radius 2 is 1.93 bits per heavy atom. The molecule has 1 saturated carbocycles. The Kier molecular flexibility index (Phi) is 3.15. The molecule has 0 aromatic carbocycles. The molecule has 0 bridgehead atoms. The number of hydrogen-bond acceptors (Lipinski definition) is 2. The average Bonchev–Trinajstić information content (AvgIpc) is 2.76. The Bertz CT molecular complexity index is 239. The number of rotatable bonds is 3. The van der Waals surface area contributed by atoms with E-state index in [9.17, 15) is 4.79 Å². The van der Waals surface area contributed by atoms with Gasteiger partial charge in [-0.3, -0.25) is 4.79 Å². The van der Waals surface area contributed by atoms with Crippen LogP contribution in [-0.4, -0.2) is 18.0 Å². The van der Waals surface area contributed by atoms with Crippen molar-refractivity contribution in [1.29, 1.82) is 0 Å². The van der Waals surface area contributed by atoms with E-state index >= 15 is 0 Å². The van der Waals surface area contributed by atoms with Gasteiger partial charge in [0.15, 0.2) is 5.78 Å². The van der Waals surface area contributed by atoms with E-state index in [0.717, 1.165) is 12.3 Å². The molecular weight excluding hydrogens is 188 g/mol. The number of ether oxygens (including phenoxy) is 1. The maximum absolute atomic E-state index is 11.9. The van der Waals surface area contributed by atoms with Crippen molar-refractivity contribution in [2.45, 2.75) is 58.0 Å². The molecule has 15 heavy (non-hydrogen) atoms. The smallest absolute Gasteiger partial charge is 0.169 e. The predicted molar refractivity (Wildman–Crippen MR) is 59.7 cm³/mol. The van der Waals surface area contributed by atoms with Gasteiger partial charge in [-0.2, -0.15) is 0 Å². The van der Waals surface area contributed by atoms with Gasteiger partial charge in [0.1, 0.15) is 5.60 Å². The lowest BCUT2D eigenvalue weighted by atomic mass is 9.89. The number of hydrogen-bond donors (Lipinski definition) is 0. The summed E-state index contributed by atoms with van der Waals surface area (Å²) < 4.78 is 5.53. The van der Waals surface area contributed by atoms with Gasteiger partial charge >= 0.3 is 0 Å². The SMILES string of the molecule is CC1(C)OCC(CCC2CCCC2)C1=O. The molecule has 1 saturated heterocycles. The average molecular weight is 210 g/mol. The fourth-order valence-electron chi connectivity index (χ4n) is 2.90. The molecule has 0 spiro atoms. The van der Waals surface area contributed by atoms with Crippen LogP contribution in [0.4, 0.5) is 0 Å². The molecule has 1 aliphatic carbocycles. The van der Waals surface area contributed by atoms with Crippen LogP contribution in [0.5, 0.6) is 0 Å². The van der Waals surface area contributed by atoms with Crippen LogP contribution >= 0.6 is 0 Å². The van der Waals surface area contributed by atoms with Crippen LogP contribution in [-0.2, 0) is 9.53 Å². The minimum Gasteiger partial charge on any atom is -0.367 e. The molecule has 2 rings (SSSR count). The van der Waals surface area contributed by atoms with E-state index in [-0.39, 0.29) is 5.92 Å². The highest BCUT2D eigenvalue weighted by Crippen LogP contribution is 2.33. The molecule has 0 radical (unpaired) electrons. The Hall–Kier alpha value is -0.370. The number of carbonyl (C=O) groups excluding carboxylic acids is 1. The highest BCUT2D eigenvalue weighted by atomic mass is 16.5. The second-order valence-electron chi connectivity index (χ2n) is 5.61. The Morgan fingerprint density at radius 3 is 2.47 bits per heavy atom. The van der Waals surface area contributed by atoms with E-state index in [1.165, 1.54) is 32.1 Å². The van der Waals surface area contributed by atoms with Gasteiger partial charge < -0.3 is 4.74 Å². The predicted octanol–water partition coefficient (Wildman–Crippen LogP) is 2.95. The van der Waals surface area contributed by atoms with Gasteiger partial charge in [0.05, 0.1) is 6.61 Å². The highest BCUT2D eigenvalue weighted by Gasteiger charge is 2.41. The van der Waals surface area contributed by atoms with Crippen molar-refractivity contribution in [3.8, 4) is 0 Å². The zero-order chi connectivity index (χ0) is 10.9. The molecule has 0 aromatic heterocycles. The summed E-state index contributed by atoms with van der Waals surface area (Å²) in [6.45, 7) is 4.44. The Balaban J connectivity index is 1.78. The maximum atomic E-state index is 11.9. The molecule has 2 fully saturated rings. The lowest BCUT2D eigenvalue weighted by Gasteiger charge is -2.15. The molecule has 0 aromatic rings. The monoisotopic (exact) mass is 210 g/mol. The first-order valence-electron chi connectivity index (χ1n) is 6.28. The third-order valence-corrected chi connectivity index (χ3v) is 4.01. The van der Waals surface area contributed by atoms with Crippen molar-refractivity contribution in [3.05, 3.63) is 0 Å². The normalized spacial score (nSPS) is 31.3. The second kappa shape index (κ2) is 4.25. The molecule has 0 amide bonds. The van der Waals surface area contributed by atoms with Crippen LogP contribution in [0.15, 0.2) is 0 Å². The summed E-state index contributed by atoms with van der Waals surface area (Å²) >= 11 is 0. The van der Waals surface area contributed by atoms with Gasteiger partial charge in [0.2, 0.25) is 0 Å². The van der Waals surface area contributed by atoms with Crippen LogP contribution in [0.25, 0.3) is 0 Å². The molecule has 0 N–H and O–H groups in total. The van der Waals surface area contributed by atoms with Crippen molar-refractivity contribution < 1.29 is 9.53 Å². The van der Waals surface area contributed by atoms with Crippen molar-refractivity contribution in [1.82, 2.24) is 0 Å². The summed E-state index contributed by atoms with van der Waals surface area (Å²) in [5, 5.41) is 0. The van der Waals surface area contributed by atoms with E-state index in [0.29, 0.717) is 12.4 Å². The summed E-state index contributed by atoms with van der Waals surface area (Å²) in [5.41, 5.74) is -0.514. The van der Waals surface area contributed by atoms with E-state index in [2.05, 4.69) is 0 Å². The molecule has 1 unspecified atom stereocenters. The minimum atomic E-state index is -0.514. The lowest BCUT2D eigenvalue weighted by Crippen LogP contribution is -2.30. The van der Waals surface area contributed by atoms with Gasteiger partial charge in [-0.1, -0.05) is 25.7 Å². The van der Waals surface area contributed by atoms with E-state index in [4.69, 9.17) is 4.74 Å². The van der Waals surface area contributed by atoms with Gasteiger partial charge in [-0.05, 0) is 32.6 Å². The summed E-state index contributed by atoms with van der Waals surface area (Å²) in [7, 11) is 0. The van der Waals surface area contributed by atoms with E-state index in [1.807, 2.05) is 13.8 Å². The quantitative estimate of drug-likeness (QED) is 0.716. The van der Waals surface area contributed by atoms with Crippen LogP contribution < -0.4 is 0 Å². The van der Waals surface area contributed by atoms with Crippen LogP contribution in [0.2, 0.25) is 0 Å². The zero-order valence-corrected chi connectivity index (χ0v) is 9.92. The molecule has 1 aliphatic heterocycles. The summed E-state index contributed by atoms with van der Waals surface area (Å²) in [5.74, 6) is 1.39. The topological polar surface area (TPSA) is 26.3 Å². The lowest BCUT2D eigenvalue weighted by molar-refractivity contribution is -0.130. The third kappa shape index (κ3) is 2.41. The summed E-state index contributed by atoms with van der Waals surface area (Å²) in [6, 6.07) is 0. The molecule has 1 heterocycles. The van der Waals surface area contributed by atoms with Crippen molar-refractivity contribution in [3.63, 3.8) is 0 Å². The van der Waals surface area contributed by atoms with E-state index < -0.39 is 5.60 Å². The molecule has 2 aliphatic rings. The molecule has 86 valence electrons. The zero-order valence-electron chi connectivity index (χ0n) is 9.92. The van der Waals surface area contributed by atoms with Gasteiger partial charge in [0, 0.05) is 5.92 Å². The Morgan fingerprint density at radius 1 is 1.27 bits per heavy atom.